The molecule has 1 fully saturated rings. The van der Waals surface area contributed by atoms with Crippen LogP contribution in [0.5, 0.6) is 0 Å². The molecule has 3 rings (SSSR count). The number of aromatic nitrogens is 3. The van der Waals surface area contributed by atoms with Crippen LogP contribution in [0.2, 0.25) is 0 Å². The van der Waals surface area contributed by atoms with Gasteiger partial charge in [0.2, 0.25) is 5.91 Å². The Labute approximate surface area is 146 Å². The second-order valence-electron chi connectivity index (χ2n) is 6.04. The topological polar surface area (TPSA) is 88.9 Å². The summed E-state index contributed by atoms with van der Waals surface area (Å²) < 4.78 is 37.7. The van der Waals surface area contributed by atoms with Gasteiger partial charge in [-0.1, -0.05) is 0 Å². The molecule has 2 heterocycles. The number of pyridine rings is 1. The fourth-order valence-electron chi connectivity index (χ4n) is 2.27. The summed E-state index contributed by atoms with van der Waals surface area (Å²) in [5.74, 6) is -0.250. The lowest BCUT2D eigenvalue weighted by Gasteiger charge is -2.07. The number of alkyl halides is 3. The maximum absolute atomic E-state index is 12.3. The molecule has 0 aromatic carbocycles. The number of hydrogen-bond acceptors (Lipinski definition) is 4. The van der Waals surface area contributed by atoms with E-state index in [1.54, 1.807) is 0 Å². The van der Waals surface area contributed by atoms with Crippen LogP contribution < -0.4 is 10.6 Å². The van der Waals surface area contributed by atoms with Gasteiger partial charge in [-0.15, -0.1) is 0 Å². The molecule has 0 aliphatic heterocycles. The Kier molecular flexibility index (Phi) is 4.92. The van der Waals surface area contributed by atoms with Crippen LogP contribution in [0.4, 0.5) is 19.0 Å². The third-order valence-electron chi connectivity index (χ3n) is 3.70. The Morgan fingerprint density at radius 2 is 2.08 bits per heavy atom. The number of rotatable bonds is 6. The zero-order chi connectivity index (χ0) is 18.7. The molecule has 0 spiro atoms. The Hall–Kier alpha value is -2.91. The molecule has 2 N–H and O–H groups in total. The second-order valence-corrected chi connectivity index (χ2v) is 6.04. The molecule has 138 valence electrons. The molecule has 0 bridgehead atoms. The monoisotopic (exact) mass is 367 g/mol. The molecule has 2 amide bonds. The van der Waals surface area contributed by atoms with E-state index in [1.165, 1.54) is 30.7 Å². The molecule has 0 saturated heterocycles. The highest BCUT2D eigenvalue weighted by Gasteiger charge is 2.30. The maximum atomic E-state index is 12.3. The predicted molar refractivity (Wildman–Crippen MR) is 85.0 cm³/mol. The van der Waals surface area contributed by atoms with Gasteiger partial charge < -0.3 is 10.6 Å². The van der Waals surface area contributed by atoms with Crippen molar-refractivity contribution in [3.8, 4) is 0 Å². The summed E-state index contributed by atoms with van der Waals surface area (Å²) in [4.78, 5) is 27.9. The van der Waals surface area contributed by atoms with E-state index in [-0.39, 0.29) is 29.8 Å². The Bertz CT molecular complexity index is 814. The summed E-state index contributed by atoms with van der Waals surface area (Å²) in [6.45, 7) is -1.15. The van der Waals surface area contributed by atoms with Gasteiger partial charge in [-0.25, -0.2) is 4.98 Å². The van der Waals surface area contributed by atoms with E-state index in [0.29, 0.717) is 5.56 Å². The Balaban J connectivity index is 1.55. The van der Waals surface area contributed by atoms with Crippen molar-refractivity contribution < 1.29 is 22.8 Å². The van der Waals surface area contributed by atoms with Gasteiger partial charge in [0.1, 0.15) is 12.4 Å². The largest absolute Gasteiger partial charge is 0.408 e. The number of nitrogens with zero attached hydrogens (tertiary/aromatic N) is 3. The standard InChI is InChI=1S/C16H16F3N5O2/c17-16(18,19)9-24-8-10(7-22-24)6-21-14(25)12-3-4-20-13(5-12)23-15(26)11-1-2-11/h3-5,7-8,11H,1-2,6,9H2,(H,21,25)(H,20,23,26). The lowest BCUT2D eigenvalue weighted by molar-refractivity contribution is -0.142. The number of carbonyl (C=O) groups excluding carboxylic acids is 2. The number of nitrogens with one attached hydrogen (secondary N) is 2. The van der Waals surface area contributed by atoms with Crippen LogP contribution in [-0.4, -0.2) is 32.8 Å². The second kappa shape index (κ2) is 7.14. The number of amides is 2. The van der Waals surface area contributed by atoms with Crippen molar-refractivity contribution >= 4 is 17.6 Å². The maximum Gasteiger partial charge on any atom is 0.408 e. The van der Waals surface area contributed by atoms with Crippen LogP contribution in [0, 0.1) is 5.92 Å². The Morgan fingerprint density at radius 3 is 2.77 bits per heavy atom. The number of anilines is 1. The Morgan fingerprint density at radius 1 is 1.31 bits per heavy atom. The highest BCUT2D eigenvalue weighted by Crippen LogP contribution is 2.29. The lowest BCUT2D eigenvalue weighted by Crippen LogP contribution is -2.23. The summed E-state index contributed by atoms with van der Waals surface area (Å²) in [5, 5.41) is 8.85. The minimum absolute atomic E-state index is 0.0162. The van der Waals surface area contributed by atoms with Gasteiger partial charge in [-0.2, -0.15) is 18.3 Å². The van der Waals surface area contributed by atoms with Crippen molar-refractivity contribution in [1.82, 2.24) is 20.1 Å². The van der Waals surface area contributed by atoms with Crippen LogP contribution in [-0.2, 0) is 17.9 Å². The first-order valence-corrected chi connectivity index (χ1v) is 7.93. The average molecular weight is 367 g/mol. The molecule has 2 aromatic heterocycles. The van der Waals surface area contributed by atoms with Crippen LogP contribution in [0.25, 0.3) is 0 Å². The van der Waals surface area contributed by atoms with Crippen molar-refractivity contribution in [3.05, 3.63) is 41.9 Å². The quantitative estimate of drug-likeness (QED) is 0.819. The van der Waals surface area contributed by atoms with Crippen molar-refractivity contribution in [2.45, 2.75) is 32.1 Å². The molecule has 1 saturated carbocycles. The number of halogens is 3. The molecular formula is C16H16F3N5O2. The highest BCUT2D eigenvalue weighted by atomic mass is 19.4. The third kappa shape index (κ3) is 5.04. The van der Waals surface area contributed by atoms with E-state index in [4.69, 9.17) is 0 Å². The van der Waals surface area contributed by atoms with Gasteiger partial charge in [-0.05, 0) is 25.0 Å². The van der Waals surface area contributed by atoms with Crippen molar-refractivity contribution in [3.63, 3.8) is 0 Å². The summed E-state index contributed by atoms with van der Waals surface area (Å²) in [6.07, 6.45) is 1.24. The lowest BCUT2D eigenvalue weighted by atomic mass is 10.2. The van der Waals surface area contributed by atoms with E-state index in [0.717, 1.165) is 17.5 Å². The summed E-state index contributed by atoms with van der Waals surface area (Å²) >= 11 is 0. The molecule has 7 nitrogen and oxygen atoms in total. The van der Waals surface area contributed by atoms with E-state index in [2.05, 4.69) is 20.7 Å². The van der Waals surface area contributed by atoms with Crippen LogP contribution >= 0.6 is 0 Å². The SMILES string of the molecule is O=C(NCc1cnn(CC(F)(F)F)c1)c1ccnc(NC(=O)C2CC2)c1. The fourth-order valence-corrected chi connectivity index (χ4v) is 2.27. The van der Waals surface area contributed by atoms with Crippen molar-refractivity contribution in [1.29, 1.82) is 0 Å². The van der Waals surface area contributed by atoms with Crippen LogP contribution in [0.15, 0.2) is 30.7 Å². The highest BCUT2D eigenvalue weighted by molar-refractivity contribution is 5.97. The predicted octanol–water partition coefficient (Wildman–Crippen LogP) is 2.12. The fraction of sp³-hybridized carbons (Fsp3) is 0.375. The van der Waals surface area contributed by atoms with Gasteiger partial charge in [0.25, 0.3) is 5.91 Å². The van der Waals surface area contributed by atoms with Crippen LogP contribution in [0.3, 0.4) is 0 Å². The van der Waals surface area contributed by atoms with Gasteiger partial charge in [0, 0.05) is 36.0 Å². The first kappa shape index (κ1) is 17.9. The molecule has 0 unspecified atom stereocenters. The number of carbonyl (C=O) groups is 2. The zero-order valence-electron chi connectivity index (χ0n) is 13.6. The summed E-state index contributed by atoms with van der Waals surface area (Å²) in [5.41, 5.74) is 0.729. The van der Waals surface area contributed by atoms with Gasteiger partial charge in [0.05, 0.1) is 6.20 Å². The van der Waals surface area contributed by atoms with Crippen molar-refractivity contribution in [2.24, 2.45) is 5.92 Å². The molecule has 0 radical (unpaired) electrons. The van der Waals surface area contributed by atoms with Gasteiger partial charge in [0.15, 0.2) is 0 Å². The zero-order valence-corrected chi connectivity index (χ0v) is 13.6. The van der Waals surface area contributed by atoms with E-state index < -0.39 is 18.6 Å². The molecule has 2 aromatic rings. The summed E-state index contributed by atoms with van der Waals surface area (Å²) in [6, 6.07) is 2.93. The van der Waals surface area contributed by atoms with Gasteiger partial charge in [-0.3, -0.25) is 14.3 Å². The molecule has 0 atom stereocenters. The molecular weight excluding hydrogens is 351 g/mol. The molecule has 26 heavy (non-hydrogen) atoms. The summed E-state index contributed by atoms with van der Waals surface area (Å²) in [7, 11) is 0. The first-order chi connectivity index (χ1) is 12.3. The van der Waals surface area contributed by atoms with E-state index >= 15 is 0 Å². The molecule has 1 aliphatic rings. The minimum Gasteiger partial charge on any atom is -0.348 e. The minimum atomic E-state index is -4.36. The van der Waals surface area contributed by atoms with Gasteiger partial charge >= 0.3 is 6.18 Å². The normalized spacial score (nSPS) is 14.1. The third-order valence-corrected chi connectivity index (χ3v) is 3.70. The van der Waals surface area contributed by atoms with Crippen LogP contribution in [0.1, 0.15) is 28.8 Å². The number of hydrogen-bond donors (Lipinski definition) is 2. The first-order valence-electron chi connectivity index (χ1n) is 7.93. The average Bonchev–Trinajstić information content (AvgIpc) is 3.33. The smallest absolute Gasteiger partial charge is 0.348 e. The molecule has 1 aliphatic carbocycles. The van der Waals surface area contributed by atoms with Crippen molar-refractivity contribution in [2.75, 3.05) is 5.32 Å². The van der Waals surface area contributed by atoms with E-state index in [9.17, 15) is 22.8 Å². The molecule has 10 heteroatoms. The van der Waals surface area contributed by atoms with E-state index in [1.807, 2.05) is 0 Å².